The van der Waals surface area contributed by atoms with Gasteiger partial charge < -0.3 is 10.5 Å². The number of fused-ring (bicyclic) bond motifs is 3. The molecule has 2 aromatic carbocycles. The molecule has 1 amide bonds. The van der Waals surface area contributed by atoms with Gasteiger partial charge in [-0.3, -0.25) is 4.90 Å². The molecule has 5 heteroatoms. The fourth-order valence-corrected chi connectivity index (χ4v) is 3.60. The van der Waals surface area contributed by atoms with E-state index < -0.39 is 0 Å². The summed E-state index contributed by atoms with van der Waals surface area (Å²) in [7, 11) is 0. The molecule has 0 radical (unpaired) electrons. The second kappa shape index (κ2) is 5.11. The first-order chi connectivity index (χ1) is 10.7. The van der Waals surface area contributed by atoms with Crippen LogP contribution >= 0.6 is 15.9 Å². The van der Waals surface area contributed by atoms with Gasteiger partial charge in [0.05, 0.1) is 6.54 Å². The van der Waals surface area contributed by atoms with Crippen molar-refractivity contribution in [1.29, 1.82) is 0 Å². The highest BCUT2D eigenvalue weighted by Crippen LogP contribution is 2.39. The van der Waals surface area contributed by atoms with E-state index in [-0.39, 0.29) is 12.2 Å². The standard InChI is InChI=1S/C17H15BrN2O2/c18-12-1-3-15-10(6-12)5-11-7-13(2-4-16(11)15)20-9-14(8-19)22-17(20)21/h1-4,6-7,14H,5,8-9,19H2. The molecule has 1 aliphatic heterocycles. The molecule has 1 saturated heterocycles. The number of hydrogen-bond donors (Lipinski definition) is 1. The van der Waals surface area contributed by atoms with Crippen molar-refractivity contribution in [3.63, 3.8) is 0 Å². The molecule has 1 fully saturated rings. The van der Waals surface area contributed by atoms with Crippen molar-refractivity contribution in [1.82, 2.24) is 0 Å². The molecule has 112 valence electrons. The van der Waals surface area contributed by atoms with Crippen LogP contribution in [0.15, 0.2) is 40.9 Å². The van der Waals surface area contributed by atoms with Gasteiger partial charge in [-0.1, -0.05) is 28.1 Å². The van der Waals surface area contributed by atoms with Crippen LogP contribution in [0.4, 0.5) is 10.5 Å². The molecule has 2 N–H and O–H groups in total. The molecule has 4 nitrogen and oxygen atoms in total. The van der Waals surface area contributed by atoms with Crippen molar-refractivity contribution in [2.24, 2.45) is 5.73 Å². The van der Waals surface area contributed by atoms with Crippen LogP contribution in [0.3, 0.4) is 0 Å². The molecular weight excluding hydrogens is 344 g/mol. The number of benzene rings is 2. The maximum absolute atomic E-state index is 11.9. The SMILES string of the molecule is NCC1CN(c2ccc3c(c2)Cc2cc(Br)ccc2-3)C(=O)O1. The lowest BCUT2D eigenvalue weighted by atomic mass is 10.1. The quantitative estimate of drug-likeness (QED) is 0.764. The van der Waals surface area contributed by atoms with Crippen molar-refractivity contribution in [3.05, 3.63) is 52.0 Å². The van der Waals surface area contributed by atoms with Crippen molar-refractivity contribution in [2.45, 2.75) is 12.5 Å². The van der Waals surface area contributed by atoms with Gasteiger partial charge in [-0.05, 0) is 52.9 Å². The molecule has 1 atom stereocenters. The minimum atomic E-state index is -0.311. The Labute approximate surface area is 137 Å². The molecule has 4 rings (SSSR count). The fraction of sp³-hybridized carbons (Fsp3) is 0.235. The Kier molecular flexibility index (Phi) is 3.20. The zero-order chi connectivity index (χ0) is 15.3. The maximum atomic E-state index is 11.9. The lowest BCUT2D eigenvalue weighted by Crippen LogP contribution is -2.27. The van der Waals surface area contributed by atoms with E-state index in [1.54, 1.807) is 4.90 Å². The first-order valence-corrected chi connectivity index (χ1v) is 8.05. The summed E-state index contributed by atoms with van der Waals surface area (Å²) in [4.78, 5) is 13.6. The van der Waals surface area contributed by atoms with E-state index in [2.05, 4.69) is 46.3 Å². The van der Waals surface area contributed by atoms with Gasteiger partial charge in [-0.15, -0.1) is 0 Å². The molecule has 0 bridgehead atoms. The number of halogens is 1. The number of ether oxygens (including phenoxy) is 1. The lowest BCUT2D eigenvalue weighted by molar-refractivity contribution is 0.145. The molecule has 1 unspecified atom stereocenters. The van der Waals surface area contributed by atoms with E-state index in [1.165, 1.54) is 22.3 Å². The highest BCUT2D eigenvalue weighted by molar-refractivity contribution is 9.10. The number of anilines is 1. The topological polar surface area (TPSA) is 55.6 Å². The van der Waals surface area contributed by atoms with Crippen molar-refractivity contribution >= 4 is 27.7 Å². The highest BCUT2D eigenvalue weighted by atomic mass is 79.9. The lowest BCUT2D eigenvalue weighted by Gasteiger charge is -2.14. The van der Waals surface area contributed by atoms with Crippen LogP contribution in [0.5, 0.6) is 0 Å². The summed E-state index contributed by atoms with van der Waals surface area (Å²) in [5.41, 5.74) is 11.5. The first-order valence-electron chi connectivity index (χ1n) is 7.25. The number of carbonyl (C=O) groups excluding carboxylic acids is 1. The Hall–Kier alpha value is -1.85. The van der Waals surface area contributed by atoms with E-state index in [9.17, 15) is 4.79 Å². The van der Waals surface area contributed by atoms with Crippen LogP contribution in [0, 0.1) is 0 Å². The van der Waals surface area contributed by atoms with E-state index in [0.29, 0.717) is 13.1 Å². The van der Waals surface area contributed by atoms with Gasteiger partial charge in [0.1, 0.15) is 6.10 Å². The van der Waals surface area contributed by atoms with E-state index in [4.69, 9.17) is 10.5 Å². The number of amides is 1. The third-order valence-corrected chi connectivity index (χ3v) is 4.77. The molecule has 2 aromatic rings. The molecular formula is C17H15BrN2O2. The molecule has 0 spiro atoms. The Bertz CT molecular complexity index is 775. The van der Waals surface area contributed by atoms with Crippen LogP contribution < -0.4 is 10.6 Å². The molecule has 0 aromatic heterocycles. The molecule has 1 heterocycles. The minimum Gasteiger partial charge on any atom is -0.443 e. The first kappa shape index (κ1) is 13.8. The van der Waals surface area contributed by atoms with Crippen molar-refractivity contribution in [2.75, 3.05) is 18.0 Å². The number of carbonyl (C=O) groups is 1. The Morgan fingerprint density at radius 1 is 1.18 bits per heavy atom. The minimum absolute atomic E-state index is 0.214. The summed E-state index contributed by atoms with van der Waals surface area (Å²) in [6.07, 6.45) is 0.365. The van der Waals surface area contributed by atoms with E-state index >= 15 is 0 Å². The number of cyclic esters (lactones) is 1. The summed E-state index contributed by atoms with van der Waals surface area (Å²) in [6.45, 7) is 0.874. The van der Waals surface area contributed by atoms with Crippen LogP contribution in [-0.4, -0.2) is 25.3 Å². The number of rotatable bonds is 2. The molecule has 22 heavy (non-hydrogen) atoms. The van der Waals surface area contributed by atoms with Gasteiger partial charge in [-0.25, -0.2) is 4.79 Å². The van der Waals surface area contributed by atoms with Gasteiger partial charge in [0.15, 0.2) is 0 Å². The summed E-state index contributed by atoms with van der Waals surface area (Å²) in [5, 5.41) is 0. The zero-order valence-corrected chi connectivity index (χ0v) is 13.5. The molecule has 0 saturated carbocycles. The summed E-state index contributed by atoms with van der Waals surface area (Å²) >= 11 is 3.52. The predicted octanol–water partition coefficient (Wildman–Crippen LogP) is 3.30. The number of hydrogen-bond acceptors (Lipinski definition) is 3. The van der Waals surface area contributed by atoms with Gasteiger partial charge in [-0.2, -0.15) is 0 Å². The molecule has 2 aliphatic rings. The monoisotopic (exact) mass is 358 g/mol. The average molecular weight is 359 g/mol. The van der Waals surface area contributed by atoms with Crippen LogP contribution in [-0.2, 0) is 11.2 Å². The van der Waals surface area contributed by atoms with Crippen molar-refractivity contribution < 1.29 is 9.53 Å². The van der Waals surface area contributed by atoms with E-state index in [0.717, 1.165) is 16.6 Å². The largest absolute Gasteiger partial charge is 0.443 e. The van der Waals surface area contributed by atoms with Crippen LogP contribution in [0.2, 0.25) is 0 Å². The molecule has 1 aliphatic carbocycles. The van der Waals surface area contributed by atoms with Crippen LogP contribution in [0.25, 0.3) is 11.1 Å². The normalized spacial score (nSPS) is 19.1. The second-order valence-electron chi connectivity index (χ2n) is 5.67. The zero-order valence-electron chi connectivity index (χ0n) is 11.9. The Morgan fingerprint density at radius 2 is 1.91 bits per heavy atom. The summed E-state index contributed by atoms with van der Waals surface area (Å²) in [6, 6.07) is 12.5. The smallest absolute Gasteiger partial charge is 0.414 e. The third kappa shape index (κ3) is 2.12. The van der Waals surface area contributed by atoms with Gasteiger partial charge in [0, 0.05) is 16.7 Å². The van der Waals surface area contributed by atoms with Gasteiger partial charge in [0.2, 0.25) is 0 Å². The second-order valence-corrected chi connectivity index (χ2v) is 6.59. The summed E-state index contributed by atoms with van der Waals surface area (Å²) in [5.74, 6) is 0. The highest BCUT2D eigenvalue weighted by Gasteiger charge is 2.32. The Balaban J connectivity index is 1.69. The fourth-order valence-electron chi connectivity index (χ4n) is 3.19. The van der Waals surface area contributed by atoms with Crippen molar-refractivity contribution in [3.8, 4) is 11.1 Å². The van der Waals surface area contributed by atoms with Gasteiger partial charge >= 0.3 is 6.09 Å². The van der Waals surface area contributed by atoms with Crippen LogP contribution in [0.1, 0.15) is 11.1 Å². The van der Waals surface area contributed by atoms with Gasteiger partial charge in [0.25, 0.3) is 0 Å². The third-order valence-electron chi connectivity index (χ3n) is 4.28. The number of nitrogens with zero attached hydrogens (tertiary/aromatic N) is 1. The number of nitrogens with two attached hydrogens (primary N) is 1. The van der Waals surface area contributed by atoms with E-state index in [1.807, 2.05) is 6.07 Å². The maximum Gasteiger partial charge on any atom is 0.414 e. The Morgan fingerprint density at radius 3 is 2.64 bits per heavy atom. The predicted molar refractivity (Wildman–Crippen MR) is 89.1 cm³/mol. The average Bonchev–Trinajstić information content (AvgIpc) is 3.05. The summed E-state index contributed by atoms with van der Waals surface area (Å²) < 4.78 is 6.32.